The molecule has 0 bridgehead atoms. The molecule has 31 heavy (non-hydrogen) atoms. The molecular weight excluding hydrogens is 374 g/mol. The molecule has 0 amide bonds. The van der Waals surface area contributed by atoms with Crippen molar-refractivity contribution < 1.29 is 0 Å². The first-order valence-electron chi connectivity index (χ1n) is 11.2. The first-order valence-corrected chi connectivity index (χ1v) is 11.2. The number of hydrogen-bond acceptors (Lipinski definition) is 0. The summed E-state index contributed by atoms with van der Waals surface area (Å²) in [5.41, 5.74) is 13.8. The van der Waals surface area contributed by atoms with Crippen LogP contribution in [0.1, 0.15) is 49.9 Å². The van der Waals surface area contributed by atoms with E-state index in [0.717, 1.165) is 0 Å². The third-order valence-electron chi connectivity index (χ3n) is 7.96. The number of benzene rings is 4. The summed E-state index contributed by atoms with van der Waals surface area (Å²) in [7, 11) is 0. The molecular formula is C30H25N. The SMILES string of the molecule is CC1(C)c2ccccc2-c2ccc3[nH]c4ccc5c(c4c3c21)C(C)(C)c1ccccc1-5. The van der Waals surface area contributed by atoms with Crippen LogP contribution in [0, 0.1) is 0 Å². The lowest BCUT2D eigenvalue weighted by molar-refractivity contribution is 0.662. The molecule has 2 aliphatic rings. The zero-order valence-electron chi connectivity index (χ0n) is 18.4. The quantitative estimate of drug-likeness (QED) is 0.272. The summed E-state index contributed by atoms with van der Waals surface area (Å²) in [6.07, 6.45) is 0. The summed E-state index contributed by atoms with van der Waals surface area (Å²) in [5, 5.41) is 2.82. The van der Waals surface area contributed by atoms with Gasteiger partial charge in [0.25, 0.3) is 0 Å². The topological polar surface area (TPSA) is 15.8 Å². The maximum absolute atomic E-state index is 3.77. The van der Waals surface area contributed by atoms with Crippen molar-refractivity contribution in [3.63, 3.8) is 0 Å². The number of aromatic nitrogens is 1. The van der Waals surface area contributed by atoms with Crippen LogP contribution in [0.3, 0.4) is 0 Å². The molecule has 150 valence electrons. The number of hydrogen-bond donors (Lipinski definition) is 1. The zero-order chi connectivity index (χ0) is 21.1. The van der Waals surface area contributed by atoms with Crippen molar-refractivity contribution in [1.29, 1.82) is 0 Å². The molecule has 5 aromatic rings. The fourth-order valence-corrected chi connectivity index (χ4v) is 6.62. The first-order chi connectivity index (χ1) is 14.9. The van der Waals surface area contributed by atoms with Gasteiger partial charge in [-0.25, -0.2) is 0 Å². The van der Waals surface area contributed by atoms with E-state index < -0.39 is 0 Å². The molecule has 2 aliphatic carbocycles. The average Bonchev–Trinajstić information content (AvgIpc) is 3.33. The Kier molecular flexibility index (Phi) is 2.96. The van der Waals surface area contributed by atoms with Crippen LogP contribution in [0.2, 0.25) is 0 Å². The van der Waals surface area contributed by atoms with E-state index in [1.165, 1.54) is 66.3 Å². The van der Waals surface area contributed by atoms with E-state index in [1.807, 2.05) is 0 Å². The van der Waals surface area contributed by atoms with Crippen LogP contribution >= 0.6 is 0 Å². The summed E-state index contributed by atoms with van der Waals surface area (Å²) in [6, 6.07) is 27.1. The van der Waals surface area contributed by atoms with E-state index in [1.54, 1.807) is 0 Å². The van der Waals surface area contributed by atoms with E-state index in [9.17, 15) is 0 Å². The maximum atomic E-state index is 3.77. The van der Waals surface area contributed by atoms with Gasteiger partial charge < -0.3 is 4.98 Å². The highest BCUT2D eigenvalue weighted by atomic mass is 14.7. The second-order valence-electron chi connectivity index (χ2n) is 10.3. The second-order valence-corrected chi connectivity index (χ2v) is 10.3. The summed E-state index contributed by atoms with van der Waals surface area (Å²) in [5.74, 6) is 0. The standard InChI is InChI=1S/C30H25N/c1-29(2)21-11-7-5-9-17(21)19-13-15-23-25(27(19)29)26-24(31-23)16-14-20-18-10-6-8-12-22(18)30(3,4)28(20)26/h5-16,31H,1-4H3. The minimum atomic E-state index is -0.0289. The van der Waals surface area contributed by atoms with Gasteiger partial charge in [0.1, 0.15) is 0 Å². The van der Waals surface area contributed by atoms with Gasteiger partial charge in [0.05, 0.1) is 0 Å². The molecule has 1 nitrogen and oxygen atoms in total. The van der Waals surface area contributed by atoms with E-state index in [4.69, 9.17) is 0 Å². The van der Waals surface area contributed by atoms with Crippen molar-refractivity contribution in [2.75, 3.05) is 0 Å². The molecule has 1 heteroatoms. The smallest absolute Gasteiger partial charge is 0.0468 e. The van der Waals surface area contributed by atoms with Gasteiger partial charge in [-0.05, 0) is 56.6 Å². The van der Waals surface area contributed by atoms with Crippen molar-refractivity contribution in [3.8, 4) is 22.3 Å². The first kappa shape index (κ1) is 17.4. The predicted octanol–water partition coefficient (Wildman–Crippen LogP) is 7.93. The van der Waals surface area contributed by atoms with E-state index in [0.29, 0.717) is 0 Å². The van der Waals surface area contributed by atoms with Crippen LogP contribution in [0.15, 0.2) is 72.8 Å². The summed E-state index contributed by atoms with van der Waals surface area (Å²) in [4.78, 5) is 3.77. The molecule has 1 aromatic heterocycles. The lowest BCUT2D eigenvalue weighted by Crippen LogP contribution is -2.17. The third kappa shape index (κ3) is 1.89. The Balaban J connectivity index is 1.70. The van der Waals surface area contributed by atoms with Crippen LogP contribution in [-0.2, 0) is 10.8 Å². The molecule has 0 spiro atoms. The third-order valence-corrected chi connectivity index (χ3v) is 7.96. The highest BCUT2D eigenvalue weighted by molar-refractivity contribution is 6.16. The Bertz CT molecular complexity index is 1460. The molecule has 4 aromatic carbocycles. The molecule has 7 rings (SSSR count). The molecule has 0 saturated carbocycles. The van der Waals surface area contributed by atoms with E-state index in [-0.39, 0.29) is 10.8 Å². The lowest BCUT2D eigenvalue weighted by atomic mass is 9.77. The normalized spacial score (nSPS) is 16.9. The largest absolute Gasteiger partial charge is 0.354 e. The van der Waals surface area contributed by atoms with Gasteiger partial charge in [-0.15, -0.1) is 0 Å². The van der Waals surface area contributed by atoms with Gasteiger partial charge in [-0.2, -0.15) is 0 Å². The zero-order valence-corrected chi connectivity index (χ0v) is 18.4. The molecule has 0 unspecified atom stereocenters. The van der Waals surface area contributed by atoms with Crippen molar-refractivity contribution >= 4 is 21.8 Å². The Morgan fingerprint density at radius 3 is 1.35 bits per heavy atom. The van der Waals surface area contributed by atoms with Gasteiger partial charge in [-0.1, -0.05) is 88.4 Å². The van der Waals surface area contributed by atoms with Gasteiger partial charge >= 0.3 is 0 Å². The second kappa shape index (κ2) is 5.29. The fraction of sp³-hybridized carbons (Fsp3) is 0.200. The van der Waals surface area contributed by atoms with Crippen LogP contribution in [0.5, 0.6) is 0 Å². The monoisotopic (exact) mass is 399 g/mol. The van der Waals surface area contributed by atoms with Gasteiger partial charge in [0.15, 0.2) is 0 Å². The lowest BCUT2D eigenvalue weighted by Gasteiger charge is -2.25. The Labute approximate surface area is 182 Å². The number of nitrogens with one attached hydrogen (secondary N) is 1. The number of aromatic amines is 1. The van der Waals surface area contributed by atoms with Crippen molar-refractivity contribution in [1.82, 2.24) is 4.98 Å². The highest BCUT2D eigenvalue weighted by Crippen LogP contribution is 2.56. The minimum absolute atomic E-state index is 0.0289. The molecule has 0 fully saturated rings. The number of H-pyrrole nitrogens is 1. The van der Waals surface area contributed by atoms with Crippen LogP contribution < -0.4 is 0 Å². The molecule has 1 N–H and O–H groups in total. The number of fused-ring (bicyclic) bond motifs is 11. The average molecular weight is 400 g/mol. The molecule has 0 atom stereocenters. The van der Waals surface area contributed by atoms with E-state index in [2.05, 4.69) is 105 Å². The van der Waals surface area contributed by atoms with Crippen molar-refractivity contribution in [2.45, 2.75) is 38.5 Å². The van der Waals surface area contributed by atoms with Gasteiger partial charge in [-0.3, -0.25) is 0 Å². The summed E-state index contributed by atoms with van der Waals surface area (Å²) in [6.45, 7) is 9.55. The molecule has 0 saturated heterocycles. The van der Waals surface area contributed by atoms with Crippen molar-refractivity contribution in [2.24, 2.45) is 0 Å². The summed E-state index contributed by atoms with van der Waals surface area (Å²) < 4.78 is 0. The van der Waals surface area contributed by atoms with Crippen molar-refractivity contribution in [3.05, 3.63) is 95.1 Å². The Morgan fingerprint density at radius 1 is 0.484 bits per heavy atom. The van der Waals surface area contributed by atoms with Crippen LogP contribution in [0.25, 0.3) is 44.1 Å². The minimum Gasteiger partial charge on any atom is -0.354 e. The Morgan fingerprint density at radius 2 is 0.903 bits per heavy atom. The van der Waals surface area contributed by atoms with E-state index >= 15 is 0 Å². The molecule has 1 heterocycles. The fourth-order valence-electron chi connectivity index (χ4n) is 6.62. The number of rotatable bonds is 0. The summed E-state index contributed by atoms with van der Waals surface area (Å²) >= 11 is 0. The maximum Gasteiger partial charge on any atom is 0.0468 e. The molecule has 0 aliphatic heterocycles. The predicted molar refractivity (Wildman–Crippen MR) is 131 cm³/mol. The van der Waals surface area contributed by atoms with Gasteiger partial charge in [0.2, 0.25) is 0 Å². The van der Waals surface area contributed by atoms with Gasteiger partial charge in [0, 0.05) is 32.6 Å². The highest BCUT2D eigenvalue weighted by Gasteiger charge is 2.41. The van der Waals surface area contributed by atoms with Crippen LogP contribution in [-0.4, -0.2) is 4.98 Å². The van der Waals surface area contributed by atoms with Crippen LogP contribution in [0.4, 0.5) is 0 Å². The molecule has 0 radical (unpaired) electrons. The Hall–Kier alpha value is -3.32.